The summed E-state index contributed by atoms with van der Waals surface area (Å²) < 4.78 is 15.8. The summed E-state index contributed by atoms with van der Waals surface area (Å²) in [7, 11) is 4.82. The number of methoxy groups -OCH3 is 3. The average Bonchev–Trinajstić information content (AvgIpc) is 3.20. The van der Waals surface area contributed by atoms with Gasteiger partial charge in [-0.1, -0.05) is 12.1 Å². The van der Waals surface area contributed by atoms with Gasteiger partial charge in [0.15, 0.2) is 11.5 Å². The summed E-state index contributed by atoms with van der Waals surface area (Å²) in [4.78, 5) is 16.8. The molecule has 0 aliphatic carbocycles. The van der Waals surface area contributed by atoms with Crippen molar-refractivity contribution >= 4 is 17.2 Å². The lowest BCUT2D eigenvalue weighted by Gasteiger charge is -2.08. The number of hydrogen-bond acceptors (Lipinski definition) is 6. The highest BCUT2D eigenvalue weighted by Crippen LogP contribution is 2.33. The van der Waals surface area contributed by atoms with Crippen LogP contribution < -0.4 is 19.5 Å². The highest BCUT2D eigenvalue weighted by molar-refractivity contribution is 7.13. The van der Waals surface area contributed by atoms with Crippen LogP contribution in [0.3, 0.4) is 0 Å². The third-order valence-electron chi connectivity index (χ3n) is 4.15. The molecule has 0 aliphatic rings. The van der Waals surface area contributed by atoms with Crippen LogP contribution in [0.15, 0.2) is 47.8 Å². The maximum absolute atomic E-state index is 12.3. The average molecular weight is 398 g/mol. The van der Waals surface area contributed by atoms with Gasteiger partial charge in [-0.05, 0) is 35.9 Å². The molecule has 0 saturated heterocycles. The van der Waals surface area contributed by atoms with E-state index >= 15 is 0 Å². The predicted octanol–water partition coefficient (Wildman–Crippen LogP) is 3.69. The van der Waals surface area contributed by atoms with Gasteiger partial charge in [-0.2, -0.15) is 0 Å². The molecule has 3 rings (SSSR count). The van der Waals surface area contributed by atoms with Crippen LogP contribution in [0.25, 0.3) is 10.6 Å². The Bertz CT molecular complexity index is 955. The van der Waals surface area contributed by atoms with E-state index in [1.54, 1.807) is 21.3 Å². The van der Waals surface area contributed by atoms with Crippen LogP contribution in [0.1, 0.15) is 11.3 Å². The molecule has 2 aromatic carbocycles. The van der Waals surface area contributed by atoms with Crippen LogP contribution >= 0.6 is 11.3 Å². The number of aromatic nitrogens is 1. The lowest BCUT2D eigenvalue weighted by Crippen LogP contribution is -2.24. The minimum Gasteiger partial charge on any atom is -0.497 e. The normalized spacial score (nSPS) is 10.4. The fraction of sp³-hybridized carbons (Fsp3) is 0.238. The molecule has 0 bridgehead atoms. The molecule has 1 aromatic heterocycles. The minimum absolute atomic E-state index is 0.0769. The number of ether oxygens (including phenoxy) is 3. The fourth-order valence-corrected chi connectivity index (χ4v) is 3.52. The highest BCUT2D eigenvalue weighted by atomic mass is 32.1. The molecule has 1 amide bonds. The maximum atomic E-state index is 12.3. The molecule has 1 N–H and O–H groups in total. The van der Waals surface area contributed by atoms with Crippen LogP contribution in [0.2, 0.25) is 0 Å². The van der Waals surface area contributed by atoms with E-state index in [0.717, 1.165) is 27.6 Å². The molecule has 0 radical (unpaired) electrons. The lowest BCUT2D eigenvalue weighted by atomic mass is 10.2. The second-order valence-electron chi connectivity index (χ2n) is 6.02. The van der Waals surface area contributed by atoms with Gasteiger partial charge >= 0.3 is 0 Å². The van der Waals surface area contributed by atoms with E-state index in [4.69, 9.17) is 14.2 Å². The van der Waals surface area contributed by atoms with E-state index < -0.39 is 0 Å². The molecule has 0 atom stereocenters. The first kappa shape index (κ1) is 19.7. The first-order chi connectivity index (χ1) is 13.6. The molecule has 0 unspecified atom stereocenters. The zero-order valence-corrected chi connectivity index (χ0v) is 16.8. The molecule has 0 saturated carbocycles. The zero-order valence-electron chi connectivity index (χ0n) is 16.0. The summed E-state index contributed by atoms with van der Waals surface area (Å²) in [5.41, 5.74) is 2.64. The molecule has 28 heavy (non-hydrogen) atoms. The number of nitrogens with zero attached hydrogens (tertiary/aromatic N) is 1. The van der Waals surface area contributed by atoms with Crippen molar-refractivity contribution in [2.75, 3.05) is 21.3 Å². The van der Waals surface area contributed by atoms with Gasteiger partial charge < -0.3 is 19.5 Å². The minimum atomic E-state index is -0.0769. The zero-order chi connectivity index (χ0) is 19.9. The van der Waals surface area contributed by atoms with E-state index in [2.05, 4.69) is 10.3 Å². The standard InChI is InChI=1S/C21H22N2O4S/c1-25-17-6-4-5-14(9-17)12-22-20(24)11-16-13-28-21(23-16)15-7-8-18(26-2)19(10-15)27-3/h4-10,13H,11-12H2,1-3H3,(H,22,24). The van der Waals surface area contributed by atoms with Gasteiger partial charge in [0.25, 0.3) is 0 Å². The summed E-state index contributed by atoms with van der Waals surface area (Å²) >= 11 is 1.49. The van der Waals surface area contributed by atoms with Crippen LogP contribution in [-0.2, 0) is 17.8 Å². The van der Waals surface area contributed by atoms with Crippen molar-refractivity contribution in [1.29, 1.82) is 0 Å². The van der Waals surface area contributed by atoms with Crippen molar-refractivity contribution in [3.8, 4) is 27.8 Å². The fourth-order valence-electron chi connectivity index (χ4n) is 2.70. The number of thiazole rings is 1. The third kappa shape index (κ3) is 4.80. The Morgan fingerprint density at radius 1 is 1.04 bits per heavy atom. The number of benzene rings is 2. The van der Waals surface area contributed by atoms with E-state index in [0.29, 0.717) is 18.0 Å². The van der Waals surface area contributed by atoms with Crippen molar-refractivity contribution in [2.45, 2.75) is 13.0 Å². The Morgan fingerprint density at radius 2 is 1.86 bits per heavy atom. The summed E-state index contributed by atoms with van der Waals surface area (Å²) in [6.07, 6.45) is 0.230. The highest BCUT2D eigenvalue weighted by Gasteiger charge is 2.12. The van der Waals surface area contributed by atoms with Crippen molar-refractivity contribution in [2.24, 2.45) is 0 Å². The Labute approximate surface area is 168 Å². The van der Waals surface area contributed by atoms with Crippen molar-refractivity contribution in [3.63, 3.8) is 0 Å². The molecule has 146 valence electrons. The van der Waals surface area contributed by atoms with Gasteiger partial charge in [-0.3, -0.25) is 4.79 Å². The number of hydrogen-bond donors (Lipinski definition) is 1. The van der Waals surface area contributed by atoms with Crippen LogP contribution in [0, 0.1) is 0 Å². The smallest absolute Gasteiger partial charge is 0.226 e. The molecule has 7 heteroatoms. The summed E-state index contributed by atoms with van der Waals surface area (Å²) in [5, 5.41) is 5.64. The second kappa shape index (κ2) is 9.23. The Kier molecular flexibility index (Phi) is 6.49. The molecule has 3 aromatic rings. The van der Waals surface area contributed by atoms with Crippen LogP contribution in [-0.4, -0.2) is 32.2 Å². The Hall–Kier alpha value is -3.06. The molecule has 0 fully saturated rings. The Balaban J connectivity index is 1.61. The van der Waals surface area contributed by atoms with Crippen LogP contribution in [0.4, 0.5) is 0 Å². The third-order valence-corrected chi connectivity index (χ3v) is 5.09. The number of amides is 1. The van der Waals surface area contributed by atoms with Crippen molar-refractivity contribution in [1.82, 2.24) is 10.3 Å². The summed E-state index contributed by atoms with van der Waals surface area (Å²) in [5.74, 6) is 2.01. The van der Waals surface area contributed by atoms with E-state index in [1.165, 1.54) is 11.3 Å². The van der Waals surface area contributed by atoms with Crippen molar-refractivity contribution < 1.29 is 19.0 Å². The number of rotatable bonds is 8. The van der Waals surface area contributed by atoms with E-state index in [1.807, 2.05) is 47.8 Å². The largest absolute Gasteiger partial charge is 0.497 e. The first-order valence-electron chi connectivity index (χ1n) is 8.69. The van der Waals surface area contributed by atoms with E-state index in [9.17, 15) is 4.79 Å². The van der Waals surface area contributed by atoms with E-state index in [-0.39, 0.29) is 12.3 Å². The van der Waals surface area contributed by atoms with Gasteiger partial charge in [0.05, 0.1) is 33.4 Å². The SMILES string of the molecule is COc1cccc(CNC(=O)Cc2csc(-c3ccc(OC)c(OC)c3)n2)c1. The predicted molar refractivity (Wildman–Crippen MR) is 109 cm³/mol. The quantitative estimate of drug-likeness (QED) is 0.627. The monoisotopic (exact) mass is 398 g/mol. The molecular weight excluding hydrogens is 376 g/mol. The topological polar surface area (TPSA) is 69.7 Å². The van der Waals surface area contributed by atoms with Gasteiger partial charge in [0.2, 0.25) is 5.91 Å². The van der Waals surface area contributed by atoms with Gasteiger partial charge in [0.1, 0.15) is 10.8 Å². The van der Waals surface area contributed by atoms with Gasteiger partial charge in [-0.15, -0.1) is 11.3 Å². The molecule has 0 spiro atoms. The molecule has 6 nitrogen and oxygen atoms in total. The van der Waals surface area contributed by atoms with Crippen LogP contribution in [0.5, 0.6) is 17.2 Å². The number of carbonyl (C=O) groups excluding carboxylic acids is 1. The second-order valence-corrected chi connectivity index (χ2v) is 6.88. The Morgan fingerprint density at radius 3 is 2.61 bits per heavy atom. The molecule has 1 heterocycles. The lowest BCUT2D eigenvalue weighted by molar-refractivity contribution is -0.120. The first-order valence-corrected chi connectivity index (χ1v) is 9.57. The van der Waals surface area contributed by atoms with Gasteiger partial charge in [-0.25, -0.2) is 4.98 Å². The van der Waals surface area contributed by atoms with Gasteiger partial charge in [0, 0.05) is 17.5 Å². The molecular formula is C21H22N2O4S. The summed E-state index contributed by atoms with van der Waals surface area (Å²) in [6.45, 7) is 0.447. The number of carbonyl (C=O) groups is 1. The molecule has 0 aliphatic heterocycles. The van der Waals surface area contributed by atoms with Crippen molar-refractivity contribution in [3.05, 3.63) is 59.1 Å². The summed E-state index contributed by atoms with van der Waals surface area (Å²) in [6, 6.07) is 13.3. The maximum Gasteiger partial charge on any atom is 0.226 e. The number of nitrogens with one attached hydrogen (secondary N) is 1.